The van der Waals surface area contributed by atoms with Gasteiger partial charge >= 0.3 is 0 Å². The molecule has 1 aromatic carbocycles. The van der Waals surface area contributed by atoms with Gasteiger partial charge in [-0.25, -0.2) is 0 Å². The van der Waals surface area contributed by atoms with Gasteiger partial charge in [0.2, 0.25) is 0 Å². The number of hydrogen-bond donors (Lipinski definition) is 0. The van der Waals surface area contributed by atoms with Gasteiger partial charge in [-0.15, -0.1) is 0 Å². The summed E-state index contributed by atoms with van der Waals surface area (Å²) >= 11 is 5.86. The summed E-state index contributed by atoms with van der Waals surface area (Å²) in [4.78, 5) is 0. The number of benzene rings is 1. The van der Waals surface area contributed by atoms with Gasteiger partial charge in [-0.2, -0.15) is 0 Å². The van der Waals surface area contributed by atoms with Crippen LogP contribution in [0.4, 0.5) is 0 Å². The van der Waals surface area contributed by atoms with Crippen molar-refractivity contribution >= 4 is 25.2 Å². The summed E-state index contributed by atoms with van der Waals surface area (Å²) in [5.74, 6) is 0. The molecule has 0 bridgehead atoms. The van der Waals surface area contributed by atoms with E-state index in [1.807, 2.05) is 30.3 Å². The van der Waals surface area contributed by atoms with Gasteiger partial charge in [0.15, 0.2) is 0 Å². The third-order valence-corrected chi connectivity index (χ3v) is 3.41. The van der Waals surface area contributed by atoms with Crippen LogP contribution in [-0.2, 0) is 0 Å². The zero-order valence-electron chi connectivity index (χ0n) is 9.55. The molecule has 0 atom stereocenters. The van der Waals surface area contributed by atoms with E-state index in [0.29, 0.717) is 0 Å². The predicted octanol–water partition coefficient (Wildman–Crippen LogP) is 4.79. The maximum atomic E-state index is 5.86. The van der Waals surface area contributed by atoms with Crippen molar-refractivity contribution in [2.24, 2.45) is 0 Å². The highest BCUT2D eigenvalue weighted by atomic mass is 35.5. The Labute approximate surface area is 98.3 Å². The Hall–Kier alpha value is -0.793. The molecule has 0 saturated heterocycles. The SMILES string of the molecule is C=C/C(=C\[Si](C)(C)C)c1ccc(Cl)cc1. The minimum Gasteiger partial charge on any atom is -0.0985 e. The van der Waals surface area contributed by atoms with E-state index in [1.54, 1.807) is 0 Å². The maximum Gasteiger partial charge on any atom is 0.0695 e. The predicted molar refractivity (Wildman–Crippen MR) is 73.0 cm³/mol. The fourth-order valence-electron chi connectivity index (χ4n) is 1.37. The Kier molecular flexibility index (Phi) is 3.94. The van der Waals surface area contributed by atoms with Crippen LogP contribution in [0.1, 0.15) is 5.56 Å². The van der Waals surface area contributed by atoms with Crippen molar-refractivity contribution in [3.8, 4) is 0 Å². The number of hydrogen-bond acceptors (Lipinski definition) is 0. The molecule has 0 saturated carbocycles. The van der Waals surface area contributed by atoms with Crippen molar-refractivity contribution in [2.45, 2.75) is 19.6 Å². The molecule has 0 unspecified atom stereocenters. The summed E-state index contributed by atoms with van der Waals surface area (Å²) in [7, 11) is -1.20. The topological polar surface area (TPSA) is 0 Å². The molecule has 0 fully saturated rings. The van der Waals surface area contributed by atoms with Gasteiger partial charge in [-0.3, -0.25) is 0 Å². The smallest absolute Gasteiger partial charge is 0.0695 e. The average molecular weight is 237 g/mol. The molecule has 0 spiro atoms. The Balaban J connectivity index is 3.08. The standard InChI is InChI=1S/C13H17ClSi/c1-5-11(10-15(2,3)4)12-6-8-13(14)9-7-12/h5-10H,1H2,2-4H3/b11-10+. The van der Waals surface area contributed by atoms with E-state index in [4.69, 9.17) is 11.6 Å². The van der Waals surface area contributed by atoms with E-state index in [-0.39, 0.29) is 0 Å². The van der Waals surface area contributed by atoms with Gasteiger partial charge in [0.05, 0.1) is 8.07 Å². The van der Waals surface area contributed by atoms with Crippen molar-refractivity contribution in [3.63, 3.8) is 0 Å². The van der Waals surface area contributed by atoms with Crippen LogP contribution in [0.25, 0.3) is 5.57 Å². The second kappa shape index (κ2) is 4.82. The summed E-state index contributed by atoms with van der Waals surface area (Å²) in [5, 5.41) is 0.773. The Morgan fingerprint density at radius 2 is 1.73 bits per heavy atom. The number of rotatable bonds is 3. The van der Waals surface area contributed by atoms with Gasteiger partial charge in [0.1, 0.15) is 0 Å². The lowest BCUT2D eigenvalue weighted by atomic mass is 10.1. The molecule has 0 aliphatic carbocycles. The summed E-state index contributed by atoms with van der Waals surface area (Å²) < 4.78 is 0. The first kappa shape index (κ1) is 12.3. The summed E-state index contributed by atoms with van der Waals surface area (Å²) in [6, 6.07) is 7.91. The normalized spacial score (nSPS) is 12.7. The maximum absolute atomic E-state index is 5.86. The minimum atomic E-state index is -1.20. The summed E-state index contributed by atoms with van der Waals surface area (Å²) in [5.41, 5.74) is 4.76. The first-order chi connectivity index (χ1) is 6.92. The lowest BCUT2D eigenvalue weighted by Gasteiger charge is -2.12. The molecule has 15 heavy (non-hydrogen) atoms. The van der Waals surface area contributed by atoms with E-state index < -0.39 is 8.07 Å². The molecule has 2 heteroatoms. The summed E-state index contributed by atoms with van der Waals surface area (Å²) in [6.07, 6.45) is 1.92. The van der Waals surface area contributed by atoms with Crippen LogP contribution in [0.3, 0.4) is 0 Å². The lowest BCUT2D eigenvalue weighted by Crippen LogP contribution is -2.16. The zero-order valence-corrected chi connectivity index (χ0v) is 11.3. The van der Waals surface area contributed by atoms with Gasteiger partial charge < -0.3 is 0 Å². The summed E-state index contributed by atoms with van der Waals surface area (Å²) in [6.45, 7) is 10.8. The van der Waals surface area contributed by atoms with Crippen molar-refractivity contribution < 1.29 is 0 Å². The minimum absolute atomic E-state index is 0.773. The highest BCUT2D eigenvalue weighted by Crippen LogP contribution is 2.21. The average Bonchev–Trinajstić information content (AvgIpc) is 2.14. The van der Waals surface area contributed by atoms with Crippen LogP contribution in [0.2, 0.25) is 24.7 Å². The van der Waals surface area contributed by atoms with Crippen LogP contribution < -0.4 is 0 Å². The fourth-order valence-corrected chi connectivity index (χ4v) is 2.71. The molecular formula is C13H17ClSi. The third kappa shape index (κ3) is 4.06. The first-order valence-electron chi connectivity index (χ1n) is 5.03. The molecule has 80 valence electrons. The van der Waals surface area contributed by atoms with E-state index in [0.717, 1.165) is 5.02 Å². The molecule has 0 aliphatic rings. The number of halogens is 1. The molecule has 0 aliphatic heterocycles. The largest absolute Gasteiger partial charge is 0.0985 e. The molecule has 1 aromatic rings. The lowest BCUT2D eigenvalue weighted by molar-refractivity contribution is 1.62. The van der Waals surface area contributed by atoms with E-state index >= 15 is 0 Å². The third-order valence-electron chi connectivity index (χ3n) is 1.99. The molecule has 1 rings (SSSR count). The van der Waals surface area contributed by atoms with Gasteiger partial charge in [0.25, 0.3) is 0 Å². The van der Waals surface area contributed by atoms with Crippen molar-refractivity contribution in [3.05, 3.63) is 53.2 Å². The van der Waals surface area contributed by atoms with Crippen LogP contribution in [0.15, 0.2) is 42.6 Å². The Bertz CT molecular complexity index is 369. The molecule has 0 radical (unpaired) electrons. The van der Waals surface area contributed by atoms with E-state index in [1.165, 1.54) is 11.1 Å². The van der Waals surface area contributed by atoms with Gasteiger partial charge in [-0.1, -0.05) is 61.7 Å². The molecule has 0 heterocycles. The highest BCUT2D eigenvalue weighted by Gasteiger charge is 2.10. The quantitative estimate of drug-likeness (QED) is 0.523. The zero-order chi connectivity index (χ0) is 11.5. The van der Waals surface area contributed by atoms with Gasteiger partial charge in [0, 0.05) is 5.02 Å². The fraction of sp³-hybridized carbons (Fsp3) is 0.231. The first-order valence-corrected chi connectivity index (χ1v) is 8.99. The van der Waals surface area contributed by atoms with Crippen molar-refractivity contribution in [1.82, 2.24) is 0 Å². The molecular weight excluding hydrogens is 220 g/mol. The second-order valence-electron chi connectivity index (χ2n) is 4.68. The van der Waals surface area contributed by atoms with Crippen LogP contribution in [0, 0.1) is 0 Å². The Morgan fingerprint density at radius 3 is 2.13 bits per heavy atom. The second-order valence-corrected chi connectivity index (χ2v) is 10.1. The Morgan fingerprint density at radius 1 is 1.20 bits per heavy atom. The van der Waals surface area contributed by atoms with E-state index in [2.05, 4.69) is 31.9 Å². The van der Waals surface area contributed by atoms with E-state index in [9.17, 15) is 0 Å². The highest BCUT2D eigenvalue weighted by molar-refractivity contribution is 6.81. The van der Waals surface area contributed by atoms with Crippen LogP contribution in [0.5, 0.6) is 0 Å². The molecule has 0 aromatic heterocycles. The van der Waals surface area contributed by atoms with Crippen LogP contribution in [-0.4, -0.2) is 8.07 Å². The molecule has 0 nitrogen and oxygen atoms in total. The van der Waals surface area contributed by atoms with Crippen LogP contribution >= 0.6 is 11.6 Å². The monoisotopic (exact) mass is 236 g/mol. The van der Waals surface area contributed by atoms with Crippen molar-refractivity contribution in [2.75, 3.05) is 0 Å². The number of allylic oxidation sites excluding steroid dienone is 2. The molecule has 0 N–H and O–H groups in total. The van der Waals surface area contributed by atoms with Crippen molar-refractivity contribution in [1.29, 1.82) is 0 Å². The van der Waals surface area contributed by atoms with Gasteiger partial charge in [-0.05, 0) is 23.3 Å². The molecule has 0 amide bonds.